The molecule has 3 aromatic heterocycles. The molecule has 5 aromatic rings. The second-order valence-corrected chi connectivity index (χ2v) is 8.52. The number of hydrogen-bond acceptors (Lipinski definition) is 6. The van der Waals surface area contributed by atoms with E-state index in [-0.39, 0.29) is 5.62 Å². The molecule has 0 aliphatic carbocycles. The number of hydrogen-bond donors (Lipinski definition) is 2. The molecule has 10 heteroatoms. The van der Waals surface area contributed by atoms with E-state index in [9.17, 15) is 13.7 Å². The molecule has 5 rings (SSSR count). The third-order valence-electron chi connectivity index (χ3n) is 5.78. The number of thiol groups is 1. The lowest BCUT2D eigenvalue weighted by Crippen LogP contribution is -2.24. The maximum absolute atomic E-state index is 11.7. The van der Waals surface area contributed by atoms with Crippen molar-refractivity contribution in [3.8, 4) is 22.9 Å². The van der Waals surface area contributed by atoms with E-state index in [0.29, 0.717) is 22.6 Å². The van der Waals surface area contributed by atoms with Crippen LogP contribution in [0.2, 0.25) is 0 Å². The van der Waals surface area contributed by atoms with E-state index in [1.54, 1.807) is 46.8 Å². The van der Waals surface area contributed by atoms with Crippen LogP contribution < -0.4 is 11.4 Å². The summed E-state index contributed by atoms with van der Waals surface area (Å²) in [6.45, 7) is 1.90. The topological polar surface area (TPSA) is 132 Å². The molecule has 0 aliphatic rings. The largest absolute Gasteiger partial charge is 0.384 e. The van der Waals surface area contributed by atoms with Gasteiger partial charge in [0, 0.05) is 24.2 Å². The fourth-order valence-corrected chi connectivity index (χ4v) is 4.46. The summed E-state index contributed by atoms with van der Waals surface area (Å²) in [5, 5.41) is 10.3. The Balaban J connectivity index is 1.97. The maximum atomic E-state index is 11.7. The lowest BCUT2D eigenvalue weighted by molar-refractivity contribution is 0.613. The first-order valence-corrected chi connectivity index (χ1v) is 11.4. The molecular formula is C24H19N7O2S. The van der Waals surface area contributed by atoms with E-state index in [1.807, 2.05) is 37.3 Å². The van der Waals surface area contributed by atoms with Crippen LogP contribution in [0.5, 0.6) is 0 Å². The van der Waals surface area contributed by atoms with Gasteiger partial charge in [-0.3, -0.25) is 9.55 Å². The van der Waals surface area contributed by atoms with E-state index < -0.39 is 10.9 Å². The quantitative estimate of drug-likeness (QED) is 0.391. The van der Waals surface area contributed by atoms with Gasteiger partial charge in [-0.15, -0.1) is 4.40 Å². The first-order valence-electron chi connectivity index (χ1n) is 10.3. The van der Waals surface area contributed by atoms with Gasteiger partial charge in [0.1, 0.15) is 5.82 Å². The molecule has 0 unspecified atom stereocenters. The number of fused-ring (bicyclic) bond motifs is 3. The number of nitrogen functional groups attached to an aromatic ring is 1. The van der Waals surface area contributed by atoms with Gasteiger partial charge in [-0.05, 0) is 54.4 Å². The molecule has 0 fully saturated rings. The number of nitriles is 1. The number of imidazole rings is 1. The number of benzene rings is 2. The van der Waals surface area contributed by atoms with E-state index in [2.05, 4.69) is 20.4 Å². The number of aryl methyl sites for hydroxylation is 2. The number of anilines is 1. The van der Waals surface area contributed by atoms with Gasteiger partial charge in [0.15, 0.2) is 0 Å². The van der Waals surface area contributed by atoms with Crippen molar-refractivity contribution < 1.29 is 8.42 Å². The van der Waals surface area contributed by atoms with Gasteiger partial charge in [0.2, 0.25) is 16.5 Å². The SMILES string of the molecule is Cc1ccc(C#N)cc1-n1c(=N[SH](=O)=O)n(C)c2cnc3ccc(-c4ccc(N)nc4)cc3c21. The lowest BCUT2D eigenvalue weighted by Gasteiger charge is -2.11. The van der Waals surface area contributed by atoms with Gasteiger partial charge >= 0.3 is 0 Å². The Labute approximate surface area is 196 Å². The van der Waals surface area contributed by atoms with Crippen molar-refractivity contribution in [3.63, 3.8) is 0 Å². The van der Waals surface area contributed by atoms with Crippen molar-refractivity contribution >= 4 is 38.6 Å². The Kier molecular flexibility index (Phi) is 5.11. The standard InChI is InChI=1S/C24H19N7O2S/c1-14-3-4-15(11-25)9-20(14)31-23-18-10-16(17-6-8-22(26)28-12-17)5-7-19(18)27-13-21(23)30(2)24(31)29-34(32)33/h3-10,12-13,34H,1-2H3,(H2,26,28). The summed E-state index contributed by atoms with van der Waals surface area (Å²) < 4.78 is 30.7. The van der Waals surface area contributed by atoms with E-state index in [4.69, 9.17) is 5.73 Å². The fraction of sp³-hybridized carbons (Fsp3) is 0.0833. The van der Waals surface area contributed by atoms with Gasteiger partial charge in [-0.25, -0.2) is 13.4 Å². The smallest absolute Gasteiger partial charge is 0.246 e. The predicted octanol–water partition coefficient (Wildman–Crippen LogP) is 2.77. The van der Waals surface area contributed by atoms with Crippen LogP contribution in [0.25, 0.3) is 38.8 Å². The number of aromatic nitrogens is 4. The normalized spacial score (nSPS) is 12.0. The first-order chi connectivity index (χ1) is 16.4. The van der Waals surface area contributed by atoms with Gasteiger partial charge in [-0.2, -0.15) is 5.26 Å². The molecule has 9 nitrogen and oxygen atoms in total. The zero-order valence-electron chi connectivity index (χ0n) is 18.3. The number of rotatable bonds is 3. The second-order valence-electron chi connectivity index (χ2n) is 7.84. The third kappa shape index (κ3) is 3.48. The highest BCUT2D eigenvalue weighted by molar-refractivity contribution is 7.70. The summed E-state index contributed by atoms with van der Waals surface area (Å²) in [5.41, 5.74) is 11.9. The maximum Gasteiger partial charge on any atom is 0.246 e. The molecule has 168 valence electrons. The van der Waals surface area contributed by atoms with E-state index >= 15 is 0 Å². The molecule has 2 N–H and O–H groups in total. The Bertz CT molecular complexity index is 1780. The average molecular weight is 470 g/mol. The highest BCUT2D eigenvalue weighted by atomic mass is 32.2. The molecule has 0 amide bonds. The Hall–Kier alpha value is -4.49. The first kappa shape index (κ1) is 21.4. The summed E-state index contributed by atoms with van der Waals surface area (Å²) in [5.74, 6) is 0.431. The predicted molar refractivity (Wildman–Crippen MR) is 131 cm³/mol. The van der Waals surface area contributed by atoms with Gasteiger partial charge in [0.25, 0.3) is 0 Å². The van der Waals surface area contributed by atoms with Crippen LogP contribution in [0.1, 0.15) is 11.1 Å². The third-order valence-corrected chi connectivity index (χ3v) is 6.12. The van der Waals surface area contributed by atoms with Crippen molar-refractivity contribution in [2.45, 2.75) is 6.92 Å². The molecule has 3 heterocycles. The number of nitrogens with zero attached hydrogens (tertiary/aromatic N) is 6. The van der Waals surface area contributed by atoms with Crippen molar-refractivity contribution in [1.82, 2.24) is 19.1 Å². The summed E-state index contributed by atoms with van der Waals surface area (Å²) in [4.78, 5) is 8.77. The van der Waals surface area contributed by atoms with Crippen LogP contribution in [0.3, 0.4) is 0 Å². The highest BCUT2D eigenvalue weighted by Gasteiger charge is 2.18. The van der Waals surface area contributed by atoms with Crippen LogP contribution in [0.4, 0.5) is 5.82 Å². The minimum atomic E-state index is -3.07. The summed E-state index contributed by atoms with van der Waals surface area (Å²) >= 11 is 0. The van der Waals surface area contributed by atoms with Gasteiger partial charge in [0.05, 0.1) is 40.1 Å². The Morgan fingerprint density at radius 3 is 2.53 bits per heavy atom. The minimum Gasteiger partial charge on any atom is -0.384 e. The van der Waals surface area contributed by atoms with Crippen molar-refractivity contribution in [3.05, 3.63) is 77.7 Å². The van der Waals surface area contributed by atoms with Crippen LogP contribution in [-0.4, -0.2) is 27.5 Å². The Morgan fingerprint density at radius 2 is 1.82 bits per heavy atom. The van der Waals surface area contributed by atoms with Crippen LogP contribution in [0, 0.1) is 18.3 Å². The molecule has 0 saturated carbocycles. The van der Waals surface area contributed by atoms with Crippen molar-refractivity contribution in [1.29, 1.82) is 5.26 Å². The average Bonchev–Trinajstić information content (AvgIpc) is 3.11. The van der Waals surface area contributed by atoms with Gasteiger partial charge in [-0.1, -0.05) is 12.1 Å². The van der Waals surface area contributed by atoms with Crippen LogP contribution >= 0.6 is 0 Å². The molecule has 34 heavy (non-hydrogen) atoms. The molecule has 0 atom stereocenters. The van der Waals surface area contributed by atoms with Crippen molar-refractivity contribution in [2.24, 2.45) is 11.4 Å². The molecule has 0 aliphatic heterocycles. The molecular weight excluding hydrogens is 450 g/mol. The summed E-state index contributed by atoms with van der Waals surface area (Å²) in [6.07, 6.45) is 3.39. The van der Waals surface area contributed by atoms with Crippen LogP contribution in [-0.2, 0) is 17.9 Å². The molecule has 0 saturated heterocycles. The summed E-state index contributed by atoms with van der Waals surface area (Å²) in [7, 11) is -1.33. The molecule has 2 aromatic carbocycles. The van der Waals surface area contributed by atoms with E-state index in [1.165, 1.54) is 0 Å². The second kappa shape index (κ2) is 8.13. The van der Waals surface area contributed by atoms with Crippen molar-refractivity contribution in [2.75, 3.05) is 5.73 Å². The summed E-state index contributed by atoms with van der Waals surface area (Å²) in [6, 6.07) is 16.9. The zero-order chi connectivity index (χ0) is 24.0. The minimum absolute atomic E-state index is 0.207. The number of pyridine rings is 2. The highest BCUT2D eigenvalue weighted by Crippen LogP contribution is 2.30. The van der Waals surface area contributed by atoms with Crippen LogP contribution in [0.15, 0.2) is 65.3 Å². The zero-order valence-corrected chi connectivity index (χ0v) is 19.2. The Morgan fingerprint density at radius 1 is 1.03 bits per heavy atom. The van der Waals surface area contributed by atoms with Gasteiger partial charge < -0.3 is 10.3 Å². The fourth-order valence-electron chi connectivity index (χ4n) is 4.09. The van der Waals surface area contributed by atoms with E-state index in [0.717, 1.165) is 33.1 Å². The molecule has 0 radical (unpaired) electrons. The lowest BCUT2D eigenvalue weighted by atomic mass is 10.0. The number of nitrogens with two attached hydrogens (primary N) is 1. The molecule has 0 bridgehead atoms. The molecule has 0 spiro atoms. The monoisotopic (exact) mass is 469 g/mol.